The van der Waals surface area contributed by atoms with Crippen LogP contribution in [0, 0.1) is 11.3 Å². The summed E-state index contributed by atoms with van der Waals surface area (Å²) >= 11 is 0. The molecule has 1 aliphatic heterocycles. The van der Waals surface area contributed by atoms with Crippen LogP contribution in [-0.4, -0.2) is 39.1 Å². The van der Waals surface area contributed by atoms with Gasteiger partial charge in [-0.2, -0.15) is 5.26 Å². The SMILES string of the molecule is CCC(C#N)S(=O)(=O)NC1(C)CCS(=O)(=O)C1. The highest BCUT2D eigenvalue weighted by atomic mass is 32.2. The summed E-state index contributed by atoms with van der Waals surface area (Å²) in [6.45, 7) is 3.15. The summed E-state index contributed by atoms with van der Waals surface area (Å²) in [6, 6.07) is 1.70. The zero-order valence-electron chi connectivity index (χ0n) is 9.80. The molecule has 0 aliphatic carbocycles. The maximum absolute atomic E-state index is 11.8. The molecule has 0 aromatic heterocycles. The Labute approximate surface area is 102 Å². The normalized spacial score (nSPS) is 29.7. The molecule has 1 N–H and O–H groups in total. The van der Waals surface area contributed by atoms with Crippen LogP contribution in [0.3, 0.4) is 0 Å². The third-order valence-corrected chi connectivity index (χ3v) is 6.65. The Hall–Kier alpha value is -0.650. The van der Waals surface area contributed by atoms with Crippen molar-refractivity contribution in [1.82, 2.24) is 4.72 Å². The van der Waals surface area contributed by atoms with Gasteiger partial charge in [0.25, 0.3) is 0 Å². The minimum atomic E-state index is -3.79. The van der Waals surface area contributed by atoms with Gasteiger partial charge in [-0.1, -0.05) is 6.92 Å². The molecule has 0 aromatic carbocycles. The van der Waals surface area contributed by atoms with Crippen LogP contribution in [0.15, 0.2) is 0 Å². The average Bonchev–Trinajstić information content (AvgIpc) is 2.40. The van der Waals surface area contributed by atoms with E-state index in [0.717, 1.165) is 0 Å². The number of hydrogen-bond acceptors (Lipinski definition) is 5. The van der Waals surface area contributed by atoms with Crippen LogP contribution in [-0.2, 0) is 19.9 Å². The third kappa shape index (κ3) is 3.40. The number of sulfone groups is 1. The van der Waals surface area contributed by atoms with Gasteiger partial charge in [0.05, 0.1) is 17.6 Å². The van der Waals surface area contributed by atoms with E-state index in [-0.39, 0.29) is 24.3 Å². The number of hydrogen-bond donors (Lipinski definition) is 1. The maximum Gasteiger partial charge on any atom is 0.228 e. The number of rotatable bonds is 4. The van der Waals surface area contributed by atoms with E-state index < -0.39 is 30.6 Å². The van der Waals surface area contributed by atoms with Crippen LogP contribution in [0.1, 0.15) is 26.7 Å². The summed E-state index contributed by atoms with van der Waals surface area (Å²) in [5.41, 5.74) is -0.984. The van der Waals surface area contributed by atoms with Crippen molar-refractivity contribution < 1.29 is 16.8 Å². The molecule has 1 heterocycles. The van der Waals surface area contributed by atoms with Crippen LogP contribution in [0.2, 0.25) is 0 Å². The van der Waals surface area contributed by atoms with E-state index in [1.165, 1.54) is 0 Å². The zero-order valence-corrected chi connectivity index (χ0v) is 11.4. The van der Waals surface area contributed by atoms with E-state index in [4.69, 9.17) is 5.26 Å². The van der Waals surface area contributed by atoms with Gasteiger partial charge in [0, 0.05) is 5.54 Å². The lowest BCUT2D eigenvalue weighted by atomic mass is 10.0. The highest BCUT2D eigenvalue weighted by Crippen LogP contribution is 2.24. The van der Waals surface area contributed by atoms with Crippen molar-refractivity contribution in [2.45, 2.75) is 37.5 Å². The molecule has 1 fully saturated rings. The van der Waals surface area contributed by atoms with Gasteiger partial charge in [0.15, 0.2) is 15.1 Å². The molecule has 8 heteroatoms. The molecule has 17 heavy (non-hydrogen) atoms. The van der Waals surface area contributed by atoms with Crippen LogP contribution >= 0.6 is 0 Å². The molecule has 0 aromatic rings. The van der Waals surface area contributed by atoms with Gasteiger partial charge in [-0.25, -0.2) is 21.6 Å². The van der Waals surface area contributed by atoms with Crippen molar-refractivity contribution in [3.63, 3.8) is 0 Å². The van der Waals surface area contributed by atoms with Crippen molar-refractivity contribution in [2.75, 3.05) is 11.5 Å². The summed E-state index contributed by atoms with van der Waals surface area (Å²) in [7, 11) is -6.97. The van der Waals surface area contributed by atoms with Gasteiger partial charge in [0.1, 0.15) is 0 Å². The topological polar surface area (TPSA) is 104 Å². The largest absolute Gasteiger partial charge is 0.229 e. The fourth-order valence-corrected chi connectivity index (χ4v) is 5.65. The lowest BCUT2D eigenvalue weighted by molar-refractivity contribution is 0.459. The number of nitrogens with one attached hydrogen (secondary N) is 1. The summed E-state index contributed by atoms with van der Waals surface area (Å²) in [5, 5.41) is 7.60. The molecule has 0 bridgehead atoms. The summed E-state index contributed by atoms with van der Waals surface area (Å²) in [5.74, 6) is -0.226. The van der Waals surface area contributed by atoms with Crippen LogP contribution in [0.4, 0.5) is 0 Å². The van der Waals surface area contributed by atoms with Gasteiger partial charge < -0.3 is 0 Å². The Bertz CT molecular complexity index is 532. The predicted octanol–water partition coefficient (Wildman–Crippen LogP) is -0.215. The Kier molecular flexibility index (Phi) is 3.86. The molecule has 0 saturated carbocycles. The summed E-state index contributed by atoms with van der Waals surface area (Å²) < 4.78 is 48.7. The minimum absolute atomic E-state index is 0.0185. The molecular formula is C9H16N2O4S2. The van der Waals surface area contributed by atoms with Crippen molar-refractivity contribution in [3.8, 4) is 6.07 Å². The fourth-order valence-electron chi connectivity index (χ4n) is 1.89. The molecule has 2 atom stereocenters. The number of nitrogens with zero attached hydrogens (tertiary/aromatic N) is 1. The van der Waals surface area contributed by atoms with E-state index in [0.29, 0.717) is 0 Å². The second kappa shape index (κ2) is 4.55. The first-order valence-corrected chi connectivity index (χ1v) is 8.64. The van der Waals surface area contributed by atoms with Crippen molar-refractivity contribution in [3.05, 3.63) is 0 Å². The first kappa shape index (κ1) is 14.4. The molecule has 98 valence electrons. The third-order valence-electron chi connectivity index (χ3n) is 2.78. The van der Waals surface area contributed by atoms with Gasteiger partial charge >= 0.3 is 0 Å². The van der Waals surface area contributed by atoms with Gasteiger partial charge in [-0.3, -0.25) is 0 Å². The van der Waals surface area contributed by atoms with E-state index in [1.54, 1.807) is 19.9 Å². The van der Waals surface area contributed by atoms with Crippen LogP contribution in [0.25, 0.3) is 0 Å². The number of sulfonamides is 1. The van der Waals surface area contributed by atoms with Gasteiger partial charge in [-0.05, 0) is 19.8 Å². The highest BCUT2D eigenvalue weighted by molar-refractivity contribution is 7.92. The molecule has 0 radical (unpaired) electrons. The lowest BCUT2D eigenvalue weighted by Gasteiger charge is -2.24. The van der Waals surface area contributed by atoms with Gasteiger partial charge in [-0.15, -0.1) is 0 Å². The minimum Gasteiger partial charge on any atom is -0.229 e. The van der Waals surface area contributed by atoms with Crippen molar-refractivity contribution in [1.29, 1.82) is 5.26 Å². The van der Waals surface area contributed by atoms with E-state index in [9.17, 15) is 16.8 Å². The number of nitriles is 1. The van der Waals surface area contributed by atoms with E-state index in [1.807, 2.05) is 0 Å². The second-order valence-corrected chi connectivity index (χ2v) is 8.62. The molecule has 6 nitrogen and oxygen atoms in total. The van der Waals surface area contributed by atoms with E-state index in [2.05, 4.69) is 4.72 Å². The zero-order chi connectivity index (χ0) is 13.3. The van der Waals surface area contributed by atoms with Crippen molar-refractivity contribution >= 4 is 19.9 Å². The molecule has 2 unspecified atom stereocenters. The Morgan fingerprint density at radius 2 is 2.12 bits per heavy atom. The fraction of sp³-hybridized carbons (Fsp3) is 0.889. The Morgan fingerprint density at radius 1 is 1.53 bits per heavy atom. The molecular weight excluding hydrogens is 264 g/mol. The van der Waals surface area contributed by atoms with Crippen LogP contribution < -0.4 is 4.72 Å². The van der Waals surface area contributed by atoms with E-state index >= 15 is 0 Å². The smallest absolute Gasteiger partial charge is 0.228 e. The van der Waals surface area contributed by atoms with Crippen LogP contribution in [0.5, 0.6) is 0 Å². The highest BCUT2D eigenvalue weighted by Gasteiger charge is 2.42. The quantitative estimate of drug-likeness (QED) is 0.767. The Morgan fingerprint density at radius 3 is 2.47 bits per heavy atom. The van der Waals surface area contributed by atoms with Gasteiger partial charge in [0.2, 0.25) is 10.0 Å². The lowest BCUT2D eigenvalue weighted by Crippen LogP contribution is -2.49. The maximum atomic E-state index is 11.8. The van der Waals surface area contributed by atoms with Crippen molar-refractivity contribution in [2.24, 2.45) is 0 Å². The second-order valence-electron chi connectivity index (χ2n) is 4.58. The molecule has 0 amide bonds. The average molecular weight is 280 g/mol. The first-order valence-electron chi connectivity index (χ1n) is 5.27. The first-order chi connectivity index (χ1) is 7.64. The molecule has 1 saturated heterocycles. The summed E-state index contributed by atoms with van der Waals surface area (Å²) in [4.78, 5) is 0. The Balaban J connectivity index is 2.90. The standard InChI is InChI=1S/C9H16N2O4S2/c1-3-8(6-10)17(14,15)11-9(2)4-5-16(12,13)7-9/h8,11H,3-5,7H2,1-2H3. The molecule has 1 rings (SSSR count). The predicted molar refractivity (Wildman–Crippen MR) is 63.4 cm³/mol. The summed E-state index contributed by atoms with van der Waals surface area (Å²) in [6.07, 6.45) is 0.422. The molecule has 1 aliphatic rings. The molecule has 0 spiro atoms. The monoisotopic (exact) mass is 280 g/mol.